The number of aryl methyl sites for hydroxylation is 3. The molecule has 1 unspecified atom stereocenters. The van der Waals surface area contributed by atoms with Gasteiger partial charge in [-0.1, -0.05) is 0 Å². The Morgan fingerprint density at radius 3 is 2.60 bits per heavy atom. The highest BCUT2D eigenvalue weighted by Crippen LogP contribution is 2.26. The van der Waals surface area contributed by atoms with Gasteiger partial charge in [0.05, 0.1) is 6.54 Å². The lowest BCUT2D eigenvalue weighted by atomic mass is 10.1. The molecule has 20 heavy (non-hydrogen) atoms. The summed E-state index contributed by atoms with van der Waals surface area (Å²) in [6, 6.07) is 3.98. The number of hydrogen-bond donors (Lipinski definition) is 2. The van der Waals surface area contributed by atoms with Crippen LogP contribution in [0.3, 0.4) is 0 Å². The molecule has 2 heterocycles. The number of nitrogens with one attached hydrogen (secondary N) is 1. The number of carbonyl (C=O) groups is 1. The van der Waals surface area contributed by atoms with Crippen molar-refractivity contribution in [3.8, 4) is 0 Å². The zero-order chi connectivity index (χ0) is 14.9. The molecule has 0 aliphatic heterocycles. The number of carboxylic acid groups (broad SMARTS) is 1. The molecular formula is C15H19NO3S. The Balaban J connectivity index is 2.03. The Morgan fingerprint density at radius 2 is 2.10 bits per heavy atom. The van der Waals surface area contributed by atoms with Crippen LogP contribution in [-0.4, -0.2) is 11.1 Å². The maximum atomic E-state index is 11.0. The molecule has 0 aliphatic rings. The Morgan fingerprint density at radius 1 is 1.40 bits per heavy atom. The van der Waals surface area contributed by atoms with E-state index in [2.05, 4.69) is 32.2 Å². The van der Waals surface area contributed by atoms with E-state index < -0.39 is 5.97 Å². The minimum Gasteiger partial charge on any atom is -0.478 e. The van der Waals surface area contributed by atoms with Gasteiger partial charge in [-0.3, -0.25) is 0 Å². The fraction of sp³-hybridized carbons (Fsp3) is 0.400. The van der Waals surface area contributed by atoms with Crippen LogP contribution in [0.5, 0.6) is 0 Å². The van der Waals surface area contributed by atoms with Crippen LogP contribution in [0.25, 0.3) is 0 Å². The lowest BCUT2D eigenvalue weighted by Crippen LogP contribution is -2.17. The van der Waals surface area contributed by atoms with E-state index in [4.69, 9.17) is 9.52 Å². The molecule has 2 aromatic rings. The highest BCUT2D eigenvalue weighted by atomic mass is 32.1. The number of hydrogen-bond acceptors (Lipinski definition) is 4. The van der Waals surface area contributed by atoms with Gasteiger partial charge in [0.15, 0.2) is 0 Å². The molecule has 0 saturated heterocycles. The molecule has 2 aromatic heterocycles. The molecule has 0 fully saturated rings. The SMILES string of the molecule is Cc1cc(C(C)NCc2cc(C(=O)O)c(C)o2)c(C)s1. The summed E-state index contributed by atoms with van der Waals surface area (Å²) in [5.74, 6) is 0.149. The molecule has 2 rings (SSSR count). The third kappa shape index (κ3) is 3.11. The van der Waals surface area contributed by atoms with Gasteiger partial charge in [0.25, 0.3) is 0 Å². The van der Waals surface area contributed by atoms with Crippen molar-refractivity contribution < 1.29 is 14.3 Å². The van der Waals surface area contributed by atoms with Crippen LogP contribution in [-0.2, 0) is 6.54 Å². The van der Waals surface area contributed by atoms with Crippen molar-refractivity contribution in [3.05, 3.63) is 44.5 Å². The highest BCUT2D eigenvalue weighted by molar-refractivity contribution is 7.12. The number of aromatic carboxylic acids is 1. The number of rotatable bonds is 5. The number of carboxylic acids is 1. The predicted octanol–water partition coefficient (Wildman–Crippen LogP) is 3.82. The fourth-order valence-corrected chi connectivity index (χ4v) is 3.31. The standard InChI is InChI=1S/C15H19NO3S/c1-8-5-13(11(4)20-8)9(2)16-7-12-6-14(15(17)18)10(3)19-12/h5-6,9,16H,7H2,1-4H3,(H,17,18). The van der Waals surface area contributed by atoms with E-state index in [1.165, 1.54) is 15.3 Å². The molecule has 0 radical (unpaired) electrons. The third-order valence-corrected chi connectivity index (χ3v) is 4.31. The zero-order valence-corrected chi connectivity index (χ0v) is 12.9. The fourth-order valence-electron chi connectivity index (χ4n) is 2.29. The summed E-state index contributed by atoms with van der Waals surface area (Å²) in [6.07, 6.45) is 0. The van der Waals surface area contributed by atoms with Crippen LogP contribution in [0.1, 0.15) is 50.2 Å². The predicted molar refractivity (Wildman–Crippen MR) is 79.5 cm³/mol. The summed E-state index contributed by atoms with van der Waals surface area (Å²) in [6.45, 7) is 8.50. The van der Waals surface area contributed by atoms with Crippen LogP contribution in [0.15, 0.2) is 16.5 Å². The lowest BCUT2D eigenvalue weighted by Gasteiger charge is -2.12. The molecule has 0 amide bonds. The van der Waals surface area contributed by atoms with Crippen molar-refractivity contribution in [2.45, 2.75) is 40.3 Å². The molecule has 4 nitrogen and oxygen atoms in total. The largest absolute Gasteiger partial charge is 0.478 e. The number of thiophene rings is 1. The molecule has 1 atom stereocenters. The van der Waals surface area contributed by atoms with E-state index in [1.54, 1.807) is 24.3 Å². The molecule has 0 aromatic carbocycles. The van der Waals surface area contributed by atoms with Crippen molar-refractivity contribution in [2.24, 2.45) is 0 Å². The topological polar surface area (TPSA) is 62.5 Å². The van der Waals surface area contributed by atoms with Gasteiger partial charge in [0.1, 0.15) is 17.1 Å². The van der Waals surface area contributed by atoms with Crippen molar-refractivity contribution in [2.75, 3.05) is 0 Å². The normalized spacial score (nSPS) is 12.6. The second kappa shape index (κ2) is 5.81. The minimum atomic E-state index is -0.949. The smallest absolute Gasteiger partial charge is 0.339 e. The van der Waals surface area contributed by atoms with Gasteiger partial charge in [-0.2, -0.15) is 0 Å². The van der Waals surface area contributed by atoms with Gasteiger partial charge in [-0.25, -0.2) is 4.79 Å². The third-order valence-electron chi connectivity index (χ3n) is 3.33. The van der Waals surface area contributed by atoms with Gasteiger partial charge in [0.2, 0.25) is 0 Å². The van der Waals surface area contributed by atoms with Crippen molar-refractivity contribution in [1.29, 1.82) is 0 Å². The first-order valence-electron chi connectivity index (χ1n) is 6.51. The van der Waals surface area contributed by atoms with E-state index >= 15 is 0 Å². The highest BCUT2D eigenvalue weighted by Gasteiger charge is 2.15. The van der Waals surface area contributed by atoms with E-state index in [9.17, 15) is 4.79 Å². The zero-order valence-electron chi connectivity index (χ0n) is 12.1. The summed E-state index contributed by atoms with van der Waals surface area (Å²) in [4.78, 5) is 13.6. The molecule has 0 bridgehead atoms. The second-order valence-corrected chi connectivity index (χ2v) is 6.42. The van der Waals surface area contributed by atoms with Gasteiger partial charge in [-0.15, -0.1) is 11.3 Å². The Bertz CT molecular complexity index is 627. The van der Waals surface area contributed by atoms with Crippen LogP contribution < -0.4 is 5.32 Å². The molecule has 108 valence electrons. The average molecular weight is 293 g/mol. The lowest BCUT2D eigenvalue weighted by molar-refractivity contribution is 0.0695. The van der Waals surface area contributed by atoms with E-state index in [1.807, 2.05) is 0 Å². The molecule has 0 aliphatic carbocycles. The summed E-state index contributed by atoms with van der Waals surface area (Å²) in [5.41, 5.74) is 1.52. The average Bonchev–Trinajstić information content (AvgIpc) is 2.89. The van der Waals surface area contributed by atoms with E-state index in [0.717, 1.165) is 0 Å². The van der Waals surface area contributed by atoms with Crippen molar-refractivity contribution in [3.63, 3.8) is 0 Å². The second-order valence-electron chi connectivity index (χ2n) is 4.96. The summed E-state index contributed by atoms with van der Waals surface area (Å²) in [5, 5.41) is 12.4. The first-order chi connectivity index (χ1) is 9.38. The van der Waals surface area contributed by atoms with Gasteiger partial charge in [-0.05, 0) is 45.4 Å². The maximum absolute atomic E-state index is 11.0. The quantitative estimate of drug-likeness (QED) is 0.879. The molecule has 0 spiro atoms. The van der Waals surface area contributed by atoms with Crippen molar-refractivity contribution >= 4 is 17.3 Å². The Kier molecular flexibility index (Phi) is 4.30. The van der Waals surface area contributed by atoms with Crippen molar-refractivity contribution in [1.82, 2.24) is 5.32 Å². The minimum absolute atomic E-state index is 0.207. The molecule has 0 saturated carbocycles. The van der Waals surface area contributed by atoms with Crippen LogP contribution >= 0.6 is 11.3 Å². The Hall–Kier alpha value is -1.59. The summed E-state index contributed by atoms with van der Waals surface area (Å²) < 4.78 is 5.46. The van der Waals surface area contributed by atoms with E-state index in [-0.39, 0.29) is 11.6 Å². The van der Waals surface area contributed by atoms with E-state index in [0.29, 0.717) is 18.1 Å². The van der Waals surface area contributed by atoms with Crippen LogP contribution in [0, 0.1) is 20.8 Å². The Labute approximate surface area is 122 Å². The number of furan rings is 1. The molecule has 5 heteroatoms. The first-order valence-corrected chi connectivity index (χ1v) is 7.33. The summed E-state index contributed by atoms with van der Waals surface area (Å²) in [7, 11) is 0. The van der Waals surface area contributed by atoms with Gasteiger partial charge < -0.3 is 14.8 Å². The van der Waals surface area contributed by atoms with Gasteiger partial charge in [0, 0.05) is 15.8 Å². The monoisotopic (exact) mass is 293 g/mol. The van der Waals surface area contributed by atoms with Gasteiger partial charge >= 0.3 is 5.97 Å². The maximum Gasteiger partial charge on any atom is 0.339 e. The molecular weight excluding hydrogens is 274 g/mol. The summed E-state index contributed by atoms with van der Waals surface area (Å²) >= 11 is 1.79. The first kappa shape index (κ1) is 14.8. The molecule has 2 N–H and O–H groups in total. The van der Waals surface area contributed by atoms with Crippen LogP contribution in [0.2, 0.25) is 0 Å². The van der Waals surface area contributed by atoms with Crippen LogP contribution in [0.4, 0.5) is 0 Å².